The molecule has 0 aromatic heterocycles. The van der Waals surface area contributed by atoms with Crippen molar-refractivity contribution in [2.24, 2.45) is 5.92 Å². The largest absolute Gasteiger partial charge is 0.444 e. The zero-order valence-corrected chi connectivity index (χ0v) is 14.3. The fourth-order valence-electron chi connectivity index (χ4n) is 3.31. The Labute approximate surface area is 134 Å². The van der Waals surface area contributed by atoms with Gasteiger partial charge in [-0.25, -0.2) is 4.79 Å². The van der Waals surface area contributed by atoms with Gasteiger partial charge in [0, 0.05) is 19.1 Å². The molecule has 1 aliphatic heterocycles. The summed E-state index contributed by atoms with van der Waals surface area (Å²) in [6.07, 6.45) is 6.01. The predicted molar refractivity (Wildman–Crippen MR) is 86.8 cm³/mol. The lowest BCUT2D eigenvalue weighted by Gasteiger charge is -2.35. The third-order valence-electron chi connectivity index (χ3n) is 4.66. The van der Waals surface area contributed by atoms with Crippen molar-refractivity contribution < 1.29 is 14.6 Å². The summed E-state index contributed by atoms with van der Waals surface area (Å²) in [5.74, 6) is 0.591. The first-order valence-electron chi connectivity index (χ1n) is 8.74. The van der Waals surface area contributed by atoms with Crippen molar-refractivity contribution in [3.05, 3.63) is 0 Å². The molecule has 0 aromatic carbocycles. The molecule has 1 aliphatic carbocycles. The van der Waals surface area contributed by atoms with Gasteiger partial charge in [0.05, 0.1) is 6.10 Å². The highest BCUT2D eigenvalue weighted by Gasteiger charge is 2.28. The maximum absolute atomic E-state index is 12.0. The van der Waals surface area contributed by atoms with E-state index in [9.17, 15) is 9.90 Å². The van der Waals surface area contributed by atoms with Crippen LogP contribution in [0.15, 0.2) is 0 Å². The molecule has 5 heteroatoms. The number of nitrogens with zero attached hydrogens (tertiary/aromatic N) is 1. The summed E-state index contributed by atoms with van der Waals surface area (Å²) < 4.78 is 5.42. The van der Waals surface area contributed by atoms with E-state index in [1.165, 1.54) is 6.42 Å². The zero-order valence-electron chi connectivity index (χ0n) is 14.3. The van der Waals surface area contributed by atoms with E-state index >= 15 is 0 Å². The number of likely N-dealkylation sites (tertiary alicyclic amines) is 1. The number of aliphatic hydroxyl groups excluding tert-OH is 1. The van der Waals surface area contributed by atoms with Crippen LogP contribution in [0.4, 0.5) is 4.79 Å². The van der Waals surface area contributed by atoms with E-state index in [1.807, 2.05) is 25.7 Å². The molecule has 0 radical (unpaired) electrons. The van der Waals surface area contributed by atoms with Crippen LogP contribution in [0.25, 0.3) is 0 Å². The predicted octanol–water partition coefficient (Wildman–Crippen LogP) is 2.53. The molecule has 1 heterocycles. The lowest BCUT2D eigenvalue weighted by atomic mass is 9.91. The molecular formula is C17H32N2O3. The number of hydrogen-bond acceptors (Lipinski definition) is 4. The molecule has 5 nitrogen and oxygen atoms in total. The van der Waals surface area contributed by atoms with Crippen molar-refractivity contribution in [3.8, 4) is 0 Å². The minimum atomic E-state index is -0.424. The van der Waals surface area contributed by atoms with Crippen molar-refractivity contribution >= 4 is 6.09 Å². The van der Waals surface area contributed by atoms with Crippen molar-refractivity contribution in [1.82, 2.24) is 10.2 Å². The summed E-state index contributed by atoms with van der Waals surface area (Å²) in [6, 6.07) is 0.262. The number of aliphatic hydroxyl groups is 1. The van der Waals surface area contributed by atoms with Crippen LogP contribution in [0, 0.1) is 5.92 Å². The van der Waals surface area contributed by atoms with Gasteiger partial charge in [-0.05, 0) is 58.9 Å². The van der Waals surface area contributed by atoms with Crippen LogP contribution < -0.4 is 5.32 Å². The van der Waals surface area contributed by atoms with Gasteiger partial charge >= 0.3 is 6.09 Å². The first-order chi connectivity index (χ1) is 10.3. The lowest BCUT2D eigenvalue weighted by molar-refractivity contribution is 0.0179. The molecule has 1 amide bonds. The Morgan fingerprint density at radius 2 is 1.82 bits per heavy atom. The highest BCUT2D eigenvalue weighted by Crippen LogP contribution is 2.22. The number of carbonyl (C=O) groups excluding carboxylic acids is 1. The van der Waals surface area contributed by atoms with Crippen LogP contribution in [0.1, 0.15) is 59.3 Å². The number of hydrogen-bond donors (Lipinski definition) is 2. The molecule has 0 aromatic rings. The minimum Gasteiger partial charge on any atom is -0.444 e. The van der Waals surface area contributed by atoms with Gasteiger partial charge in [-0.2, -0.15) is 0 Å². The van der Waals surface area contributed by atoms with E-state index < -0.39 is 5.60 Å². The van der Waals surface area contributed by atoms with Crippen LogP contribution in [0.2, 0.25) is 0 Å². The highest BCUT2D eigenvalue weighted by atomic mass is 16.6. The summed E-state index contributed by atoms with van der Waals surface area (Å²) in [6.45, 7) is 8.19. The maximum Gasteiger partial charge on any atom is 0.410 e. The normalized spacial score (nSPS) is 27.7. The van der Waals surface area contributed by atoms with E-state index in [0.717, 1.165) is 51.7 Å². The smallest absolute Gasteiger partial charge is 0.410 e. The maximum atomic E-state index is 12.0. The highest BCUT2D eigenvalue weighted by molar-refractivity contribution is 5.68. The first kappa shape index (κ1) is 17.5. The van der Waals surface area contributed by atoms with Gasteiger partial charge in [0.15, 0.2) is 0 Å². The van der Waals surface area contributed by atoms with Crippen LogP contribution in [-0.4, -0.2) is 53.5 Å². The van der Waals surface area contributed by atoms with E-state index in [1.54, 1.807) is 0 Å². The Kier molecular flexibility index (Phi) is 6.09. The topological polar surface area (TPSA) is 61.8 Å². The van der Waals surface area contributed by atoms with Crippen LogP contribution >= 0.6 is 0 Å². The van der Waals surface area contributed by atoms with Crippen LogP contribution in [0.5, 0.6) is 0 Å². The van der Waals surface area contributed by atoms with Gasteiger partial charge < -0.3 is 20.1 Å². The van der Waals surface area contributed by atoms with E-state index in [2.05, 4.69) is 5.32 Å². The summed E-state index contributed by atoms with van der Waals surface area (Å²) in [5, 5.41) is 13.5. The summed E-state index contributed by atoms with van der Waals surface area (Å²) in [7, 11) is 0. The quantitative estimate of drug-likeness (QED) is 0.840. The number of carbonyl (C=O) groups is 1. The molecule has 0 bridgehead atoms. The zero-order chi connectivity index (χ0) is 16.2. The van der Waals surface area contributed by atoms with Gasteiger partial charge in [0.25, 0.3) is 0 Å². The number of piperidine rings is 1. The Morgan fingerprint density at radius 3 is 2.41 bits per heavy atom. The Hall–Kier alpha value is -0.810. The Balaban J connectivity index is 1.67. The molecule has 2 aliphatic rings. The van der Waals surface area contributed by atoms with E-state index in [0.29, 0.717) is 5.92 Å². The fraction of sp³-hybridized carbons (Fsp3) is 0.941. The molecule has 2 fully saturated rings. The number of ether oxygens (including phenoxy) is 1. The second kappa shape index (κ2) is 7.64. The molecule has 0 spiro atoms. The molecule has 2 atom stereocenters. The van der Waals surface area contributed by atoms with Crippen molar-refractivity contribution in [3.63, 3.8) is 0 Å². The standard InChI is InChI=1S/C17H32N2O3/c1-17(2,3)22-16(21)19-10-8-13(9-11-19)12-18-14-6-4-5-7-15(14)20/h13-15,18,20H,4-12H2,1-3H3. The SMILES string of the molecule is CC(C)(C)OC(=O)N1CCC(CNC2CCCCC2O)CC1. The average Bonchev–Trinajstić information content (AvgIpc) is 2.45. The molecule has 2 unspecified atom stereocenters. The minimum absolute atomic E-state index is 0.185. The molecule has 2 N–H and O–H groups in total. The summed E-state index contributed by atoms with van der Waals surface area (Å²) in [4.78, 5) is 13.8. The molecule has 2 rings (SSSR count). The van der Waals surface area contributed by atoms with Gasteiger partial charge in [-0.1, -0.05) is 12.8 Å². The third-order valence-corrected chi connectivity index (χ3v) is 4.66. The molecule has 128 valence electrons. The summed E-state index contributed by atoms with van der Waals surface area (Å²) >= 11 is 0. The second-order valence-corrected chi connectivity index (χ2v) is 7.78. The van der Waals surface area contributed by atoms with Crippen molar-refractivity contribution in [1.29, 1.82) is 0 Å². The number of amides is 1. The summed E-state index contributed by atoms with van der Waals surface area (Å²) in [5.41, 5.74) is -0.424. The number of nitrogens with one attached hydrogen (secondary N) is 1. The van der Waals surface area contributed by atoms with Crippen LogP contribution in [0.3, 0.4) is 0 Å². The van der Waals surface area contributed by atoms with Gasteiger partial charge in [0.1, 0.15) is 5.60 Å². The van der Waals surface area contributed by atoms with Crippen molar-refractivity contribution in [2.75, 3.05) is 19.6 Å². The number of rotatable bonds is 3. The fourth-order valence-corrected chi connectivity index (χ4v) is 3.31. The van der Waals surface area contributed by atoms with Gasteiger partial charge in [-0.15, -0.1) is 0 Å². The van der Waals surface area contributed by atoms with Gasteiger partial charge in [0.2, 0.25) is 0 Å². The first-order valence-corrected chi connectivity index (χ1v) is 8.74. The second-order valence-electron chi connectivity index (χ2n) is 7.78. The average molecular weight is 312 g/mol. The van der Waals surface area contributed by atoms with E-state index in [4.69, 9.17) is 4.74 Å². The van der Waals surface area contributed by atoms with E-state index in [-0.39, 0.29) is 18.2 Å². The third kappa shape index (κ3) is 5.43. The van der Waals surface area contributed by atoms with Gasteiger partial charge in [-0.3, -0.25) is 0 Å². The molecule has 22 heavy (non-hydrogen) atoms. The monoisotopic (exact) mass is 312 g/mol. The lowest BCUT2D eigenvalue weighted by Crippen LogP contribution is -2.47. The molecular weight excluding hydrogens is 280 g/mol. The molecule has 1 saturated heterocycles. The van der Waals surface area contributed by atoms with Crippen molar-refractivity contribution in [2.45, 2.75) is 77.0 Å². The van der Waals surface area contributed by atoms with Crippen LogP contribution in [-0.2, 0) is 4.74 Å². The Bertz CT molecular complexity index is 359. The molecule has 1 saturated carbocycles. The Morgan fingerprint density at radius 1 is 1.18 bits per heavy atom.